The Bertz CT molecular complexity index is 1180. The number of carbonyl (C=O) groups excluding carboxylic acids is 1. The molecule has 0 spiro atoms. The number of rotatable bonds is 8. The average Bonchev–Trinajstić information content (AvgIpc) is 2.86. The first-order valence-corrected chi connectivity index (χ1v) is 12.3. The lowest BCUT2D eigenvalue weighted by molar-refractivity contribution is -0.118. The Hall–Kier alpha value is -3.68. The minimum Gasteiger partial charge on any atom is -0.490 e. The van der Waals surface area contributed by atoms with Gasteiger partial charge in [0.15, 0.2) is 0 Å². The lowest BCUT2D eigenvalue weighted by atomic mass is 10.1. The van der Waals surface area contributed by atoms with E-state index in [0.717, 1.165) is 56.0 Å². The maximum atomic E-state index is 12.7. The van der Waals surface area contributed by atoms with Crippen molar-refractivity contribution in [1.82, 2.24) is 14.5 Å². The number of hydrogen-bond acceptors (Lipinski definition) is 6. The average molecular weight is 476 g/mol. The minimum atomic E-state index is -0.167. The highest BCUT2D eigenvalue weighted by molar-refractivity contribution is 5.92. The van der Waals surface area contributed by atoms with E-state index < -0.39 is 0 Å². The molecule has 1 aliphatic heterocycles. The number of aryl methyl sites for hydroxylation is 1. The Morgan fingerprint density at radius 1 is 1.11 bits per heavy atom. The first kappa shape index (κ1) is 24.4. The molecule has 1 aliphatic rings. The SMILES string of the molecule is CCCc1cnc(N2CCC(Oc3ccn(-c4ccc(NC(=O)C(C)C)cc4)c(=O)c3)CC2)nc1. The summed E-state index contributed by atoms with van der Waals surface area (Å²) in [7, 11) is 0. The number of ether oxygens (including phenoxy) is 1. The lowest BCUT2D eigenvalue weighted by Crippen LogP contribution is -2.39. The van der Waals surface area contributed by atoms with E-state index in [1.807, 2.05) is 44.4 Å². The van der Waals surface area contributed by atoms with Gasteiger partial charge in [0.2, 0.25) is 11.9 Å². The molecule has 8 heteroatoms. The monoisotopic (exact) mass is 475 g/mol. The van der Waals surface area contributed by atoms with Crippen LogP contribution < -0.4 is 20.5 Å². The van der Waals surface area contributed by atoms with Gasteiger partial charge in [-0.2, -0.15) is 0 Å². The van der Waals surface area contributed by atoms with E-state index in [1.54, 1.807) is 22.9 Å². The van der Waals surface area contributed by atoms with Crippen LogP contribution in [0.25, 0.3) is 5.69 Å². The van der Waals surface area contributed by atoms with Crippen molar-refractivity contribution in [3.63, 3.8) is 0 Å². The molecule has 35 heavy (non-hydrogen) atoms. The lowest BCUT2D eigenvalue weighted by Gasteiger charge is -2.32. The van der Waals surface area contributed by atoms with Gasteiger partial charge in [0.25, 0.3) is 5.56 Å². The summed E-state index contributed by atoms with van der Waals surface area (Å²) in [6.07, 6.45) is 9.36. The summed E-state index contributed by atoms with van der Waals surface area (Å²) in [6.45, 7) is 7.46. The number of pyridine rings is 1. The molecule has 3 aromatic rings. The van der Waals surface area contributed by atoms with Crippen molar-refractivity contribution in [1.29, 1.82) is 0 Å². The third kappa shape index (κ3) is 6.26. The van der Waals surface area contributed by atoms with E-state index in [2.05, 4.69) is 27.1 Å². The van der Waals surface area contributed by atoms with Gasteiger partial charge in [0.05, 0.1) is 0 Å². The number of amides is 1. The number of aromatic nitrogens is 3. The Labute approximate surface area is 206 Å². The van der Waals surface area contributed by atoms with E-state index >= 15 is 0 Å². The second-order valence-corrected chi connectivity index (χ2v) is 9.21. The van der Waals surface area contributed by atoms with E-state index in [-0.39, 0.29) is 23.5 Å². The van der Waals surface area contributed by atoms with Gasteiger partial charge in [0.1, 0.15) is 11.9 Å². The van der Waals surface area contributed by atoms with Gasteiger partial charge >= 0.3 is 0 Å². The number of anilines is 2. The van der Waals surface area contributed by atoms with Crippen molar-refractivity contribution < 1.29 is 9.53 Å². The molecule has 1 saturated heterocycles. The van der Waals surface area contributed by atoms with Crippen molar-refractivity contribution >= 4 is 17.5 Å². The number of benzene rings is 1. The maximum absolute atomic E-state index is 12.7. The van der Waals surface area contributed by atoms with Crippen LogP contribution in [0.2, 0.25) is 0 Å². The fraction of sp³-hybridized carbons (Fsp3) is 0.407. The predicted octanol–water partition coefficient (Wildman–Crippen LogP) is 4.22. The zero-order chi connectivity index (χ0) is 24.8. The number of hydrogen-bond donors (Lipinski definition) is 1. The summed E-state index contributed by atoms with van der Waals surface area (Å²) < 4.78 is 7.68. The number of nitrogens with zero attached hydrogens (tertiary/aromatic N) is 4. The fourth-order valence-electron chi connectivity index (χ4n) is 4.03. The van der Waals surface area contributed by atoms with E-state index in [9.17, 15) is 9.59 Å². The number of piperidine rings is 1. The predicted molar refractivity (Wildman–Crippen MR) is 137 cm³/mol. The van der Waals surface area contributed by atoms with Crippen molar-refractivity contribution in [3.8, 4) is 11.4 Å². The van der Waals surface area contributed by atoms with Gasteiger partial charge in [-0.15, -0.1) is 0 Å². The molecule has 0 aliphatic carbocycles. The molecule has 0 radical (unpaired) electrons. The van der Waals surface area contributed by atoms with Crippen molar-refractivity contribution in [3.05, 3.63) is 70.9 Å². The molecule has 184 valence electrons. The summed E-state index contributed by atoms with van der Waals surface area (Å²) in [5, 5.41) is 2.85. The van der Waals surface area contributed by atoms with Gasteiger partial charge in [0, 0.05) is 67.9 Å². The molecule has 1 fully saturated rings. The highest BCUT2D eigenvalue weighted by Crippen LogP contribution is 2.21. The van der Waals surface area contributed by atoms with Crippen LogP contribution in [-0.2, 0) is 11.2 Å². The molecular formula is C27H33N5O3. The number of nitrogens with one attached hydrogen (secondary N) is 1. The molecule has 3 heterocycles. The molecule has 1 amide bonds. The fourth-order valence-corrected chi connectivity index (χ4v) is 4.03. The highest BCUT2D eigenvalue weighted by Gasteiger charge is 2.22. The molecule has 0 saturated carbocycles. The quantitative estimate of drug-likeness (QED) is 0.525. The van der Waals surface area contributed by atoms with E-state index in [1.165, 1.54) is 6.07 Å². The normalized spacial score (nSPS) is 14.2. The van der Waals surface area contributed by atoms with Gasteiger partial charge in [-0.3, -0.25) is 14.2 Å². The summed E-state index contributed by atoms with van der Waals surface area (Å²) in [4.78, 5) is 35.8. The molecule has 2 aromatic heterocycles. The van der Waals surface area contributed by atoms with Crippen LogP contribution in [0.15, 0.2) is 59.8 Å². The zero-order valence-corrected chi connectivity index (χ0v) is 20.6. The van der Waals surface area contributed by atoms with Gasteiger partial charge in [-0.25, -0.2) is 9.97 Å². The third-order valence-electron chi connectivity index (χ3n) is 6.09. The Kier molecular flexibility index (Phi) is 7.80. The number of carbonyl (C=O) groups is 1. The van der Waals surface area contributed by atoms with Gasteiger partial charge in [-0.05, 0) is 42.3 Å². The van der Waals surface area contributed by atoms with Crippen LogP contribution in [0.4, 0.5) is 11.6 Å². The molecule has 0 bridgehead atoms. The third-order valence-corrected chi connectivity index (χ3v) is 6.09. The Balaban J connectivity index is 1.33. The van der Waals surface area contributed by atoms with Crippen LogP contribution in [0.5, 0.6) is 5.75 Å². The second kappa shape index (κ2) is 11.2. The van der Waals surface area contributed by atoms with Crippen LogP contribution in [0.1, 0.15) is 45.6 Å². The van der Waals surface area contributed by atoms with Crippen molar-refractivity contribution in [2.24, 2.45) is 5.92 Å². The minimum absolute atomic E-state index is 0.0420. The van der Waals surface area contributed by atoms with Gasteiger partial charge in [-0.1, -0.05) is 27.2 Å². The van der Waals surface area contributed by atoms with Crippen LogP contribution in [0, 0.1) is 5.92 Å². The first-order chi connectivity index (χ1) is 16.9. The highest BCUT2D eigenvalue weighted by atomic mass is 16.5. The first-order valence-electron chi connectivity index (χ1n) is 12.3. The molecule has 0 unspecified atom stereocenters. The molecule has 0 atom stereocenters. The van der Waals surface area contributed by atoms with Crippen LogP contribution >= 0.6 is 0 Å². The standard InChI is InChI=1S/C27H33N5O3/c1-4-5-20-17-28-27(29-18-20)31-13-10-23(11-14-31)35-24-12-15-32(25(33)16-24)22-8-6-21(7-9-22)30-26(34)19(2)3/h6-9,12,15-19,23H,4-5,10-11,13-14H2,1-3H3,(H,30,34). The summed E-state index contributed by atoms with van der Waals surface area (Å²) in [6, 6.07) is 10.5. The topological polar surface area (TPSA) is 89.4 Å². The van der Waals surface area contributed by atoms with Crippen molar-refractivity contribution in [2.75, 3.05) is 23.3 Å². The molecule has 4 rings (SSSR count). The zero-order valence-electron chi connectivity index (χ0n) is 20.6. The summed E-state index contributed by atoms with van der Waals surface area (Å²) in [5.74, 6) is 1.20. The van der Waals surface area contributed by atoms with E-state index in [4.69, 9.17) is 4.74 Å². The summed E-state index contributed by atoms with van der Waals surface area (Å²) >= 11 is 0. The smallest absolute Gasteiger partial charge is 0.258 e. The van der Waals surface area contributed by atoms with Crippen molar-refractivity contribution in [2.45, 2.75) is 52.6 Å². The Morgan fingerprint density at radius 2 is 1.80 bits per heavy atom. The molecular weight excluding hydrogens is 442 g/mol. The van der Waals surface area contributed by atoms with E-state index in [0.29, 0.717) is 11.4 Å². The summed E-state index contributed by atoms with van der Waals surface area (Å²) in [5.41, 5.74) is 2.42. The molecule has 1 N–H and O–H groups in total. The maximum Gasteiger partial charge on any atom is 0.258 e. The Morgan fingerprint density at radius 3 is 2.40 bits per heavy atom. The largest absolute Gasteiger partial charge is 0.490 e. The van der Waals surface area contributed by atoms with Crippen LogP contribution in [0.3, 0.4) is 0 Å². The molecule has 8 nitrogen and oxygen atoms in total. The van der Waals surface area contributed by atoms with Crippen LogP contribution in [-0.4, -0.2) is 39.6 Å². The molecule has 1 aromatic carbocycles. The second-order valence-electron chi connectivity index (χ2n) is 9.21. The van der Waals surface area contributed by atoms with Gasteiger partial charge < -0.3 is 15.0 Å².